The zero-order valence-corrected chi connectivity index (χ0v) is 9.51. The largest absolute Gasteiger partial charge is 0.480 e. The summed E-state index contributed by atoms with van der Waals surface area (Å²) in [5.74, 6) is -1.59. The molecule has 0 aliphatic carbocycles. The SMILES string of the molecule is O=C(O)COc1ccc2[nH]nnc2c1S(=O)(=O)O. The molecule has 0 unspecified atom stereocenters. The number of aromatic amines is 1. The average Bonchev–Trinajstić information content (AvgIpc) is 2.71. The van der Waals surface area contributed by atoms with Gasteiger partial charge in [0.25, 0.3) is 0 Å². The van der Waals surface area contributed by atoms with Crippen molar-refractivity contribution in [2.75, 3.05) is 6.61 Å². The number of fused-ring (bicyclic) bond motifs is 1. The first-order valence-electron chi connectivity index (χ1n) is 4.55. The fraction of sp³-hybridized carbons (Fsp3) is 0.125. The van der Waals surface area contributed by atoms with E-state index in [4.69, 9.17) is 14.4 Å². The van der Waals surface area contributed by atoms with Gasteiger partial charge in [-0.25, -0.2) is 4.79 Å². The normalized spacial score (nSPS) is 11.6. The molecule has 2 rings (SSSR count). The molecule has 2 aromatic rings. The molecule has 0 atom stereocenters. The van der Waals surface area contributed by atoms with E-state index in [1.54, 1.807) is 0 Å². The van der Waals surface area contributed by atoms with Crippen LogP contribution >= 0.6 is 0 Å². The summed E-state index contributed by atoms with van der Waals surface area (Å²) in [5.41, 5.74) is 0.144. The molecule has 1 aromatic heterocycles. The third-order valence-electron chi connectivity index (χ3n) is 2.02. The highest BCUT2D eigenvalue weighted by atomic mass is 32.2. The van der Waals surface area contributed by atoms with Crippen molar-refractivity contribution in [1.29, 1.82) is 0 Å². The Labute approximate surface area is 100 Å². The summed E-state index contributed by atoms with van der Waals surface area (Å²) < 4.78 is 36.4. The van der Waals surface area contributed by atoms with Gasteiger partial charge in [-0.1, -0.05) is 5.21 Å². The number of rotatable bonds is 4. The number of aliphatic carboxylic acids is 1. The number of aromatic nitrogens is 3. The van der Waals surface area contributed by atoms with E-state index in [0.717, 1.165) is 0 Å². The Bertz CT molecular complexity index is 707. The van der Waals surface area contributed by atoms with Crippen LogP contribution in [0.4, 0.5) is 0 Å². The molecule has 1 heterocycles. The summed E-state index contributed by atoms with van der Waals surface area (Å²) in [7, 11) is -4.62. The molecular weight excluding hydrogens is 266 g/mol. The van der Waals surface area contributed by atoms with Crippen molar-refractivity contribution in [3.05, 3.63) is 12.1 Å². The van der Waals surface area contributed by atoms with E-state index >= 15 is 0 Å². The molecule has 10 heteroatoms. The highest BCUT2D eigenvalue weighted by Gasteiger charge is 2.23. The van der Waals surface area contributed by atoms with Crippen molar-refractivity contribution in [1.82, 2.24) is 15.4 Å². The lowest BCUT2D eigenvalue weighted by molar-refractivity contribution is -0.139. The first kappa shape index (κ1) is 12.3. The molecular formula is C8H7N3O6S. The molecule has 9 nitrogen and oxygen atoms in total. The van der Waals surface area contributed by atoms with Crippen LogP contribution in [0.5, 0.6) is 5.75 Å². The van der Waals surface area contributed by atoms with Gasteiger partial charge in [-0.15, -0.1) is 5.10 Å². The van der Waals surface area contributed by atoms with Crippen molar-refractivity contribution >= 4 is 27.1 Å². The number of benzene rings is 1. The average molecular weight is 273 g/mol. The molecule has 0 fully saturated rings. The van der Waals surface area contributed by atoms with Gasteiger partial charge < -0.3 is 9.84 Å². The van der Waals surface area contributed by atoms with Gasteiger partial charge in [0, 0.05) is 0 Å². The lowest BCUT2D eigenvalue weighted by Crippen LogP contribution is -2.12. The van der Waals surface area contributed by atoms with Gasteiger partial charge in [0.15, 0.2) is 11.5 Å². The van der Waals surface area contributed by atoms with Crippen LogP contribution in [-0.4, -0.2) is 46.1 Å². The van der Waals surface area contributed by atoms with E-state index in [2.05, 4.69) is 15.4 Å². The standard InChI is InChI=1S/C8H7N3O6S/c12-6(13)3-17-5-2-1-4-7(10-11-9-4)8(5)18(14,15)16/h1-2H,3H2,(H,12,13)(H,9,10,11)(H,14,15,16). The number of carboxylic acid groups (broad SMARTS) is 1. The minimum Gasteiger partial charge on any atom is -0.480 e. The van der Waals surface area contributed by atoms with Crippen LogP contribution in [0.1, 0.15) is 0 Å². The Morgan fingerprint density at radius 3 is 2.78 bits per heavy atom. The topological polar surface area (TPSA) is 142 Å². The molecule has 0 radical (unpaired) electrons. The number of carbonyl (C=O) groups is 1. The minimum absolute atomic E-state index is 0.125. The van der Waals surface area contributed by atoms with E-state index in [1.165, 1.54) is 12.1 Å². The first-order valence-corrected chi connectivity index (χ1v) is 5.99. The van der Waals surface area contributed by atoms with Gasteiger partial charge >= 0.3 is 16.1 Å². The Hall–Kier alpha value is -2.20. The molecule has 0 saturated heterocycles. The summed E-state index contributed by atoms with van der Waals surface area (Å²) in [6.45, 7) is -0.744. The van der Waals surface area contributed by atoms with Gasteiger partial charge in [-0.05, 0) is 12.1 Å². The fourth-order valence-corrected chi connectivity index (χ4v) is 2.15. The third-order valence-corrected chi connectivity index (χ3v) is 2.94. The van der Waals surface area contributed by atoms with Crippen LogP contribution in [0.3, 0.4) is 0 Å². The summed E-state index contributed by atoms with van der Waals surface area (Å²) in [4.78, 5) is 9.76. The van der Waals surface area contributed by atoms with Gasteiger partial charge in [0.2, 0.25) is 0 Å². The molecule has 0 aliphatic rings. The molecule has 1 aromatic carbocycles. The van der Waals surface area contributed by atoms with Crippen LogP contribution in [0.15, 0.2) is 17.0 Å². The lowest BCUT2D eigenvalue weighted by atomic mass is 10.3. The number of carboxylic acids is 1. The predicted octanol–water partition coefficient (Wildman–Crippen LogP) is -0.332. The van der Waals surface area contributed by atoms with Crippen molar-refractivity contribution in [2.45, 2.75) is 4.90 Å². The second kappa shape index (κ2) is 4.23. The Morgan fingerprint density at radius 2 is 2.17 bits per heavy atom. The van der Waals surface area contributed by atoms with E-state index in [0.29, 0.717) is 0 Å². The molecule has 0 amide bonds. The third kappa shape index (κ3) is 2.24. The number of hydrogen-bond donors (Lipinski definition) is 3. The molecule has 18 heavy (non-hydrogen) atoms. The van der Waals surface area contributed by atoms with Crippen LogP contribution in [0.2, 0.25) is 0 Å². The highest BCUT2D eigenvalue weighted by Crippen LogP contribution is 2.29. The zero-order chi connectivity index (χ0) is 13.3. The number of ether oxygens (including phenoxy) is 1. The van der Waals surface area contributed by atoms with Crippen molar-refractivity contribution in [3.8, 4) is 5.75 Å². The van der Waals surface area contributed by atoms with E-state index in [-0.39, 0.29) is 16.8 Å². The van der Waals surface area contributed by atoms with Crippen LogP contribution in [0, 0.1) is 0 Å². The van der Waals surface area contributed by atoms with Gasteiger partial charge in [-0.3, -0.25) is 9.65 Å². The van der Waals surface area contributed by atoms with Gasteiger partial charge in [0.1, 0.15) is 11.3 Å². The van der Waals surface area contributed by atoms with Crippen molar-refractivity contribution < 1.29 is 27.6 Å². The summed E-state index contributed by atoms with van der Waals surface area (Å²) in [6, 6.07) is 2.61. The second-order valence-corrected chi connectivity index (χ2v) is 4.62. The van der Waals surface area contributed by atoms with Crippen molar-refractivity contribution in [3.63, 3.8) is 0 Å². The molecule has 96 valence electrons. The van der Waals surface area contributed by atoms with Crippen LogP contribution in [0.25, 0.3) is 11.0 Å². The van der Waals surface area contributed by atoms with Crippen LogP contribution < -0.4 is 4.74 Å². The number of hydrogen-bond acceptors (Lipinski definition) is 6. The maximum absolute atomic E-state index is 11.3. The maximum atomic E-state index is 11.3. The summed E-state index contributed by atoms with van der Waals surface area (Å²) >= 11 is 0. The number of H-pyrrole nitrogens is 1. The molecule has 0 spiro atoms. The zero-order valence-electron chi connectivity index (χ0n) is 8.69. The molecule has 0 bridgehead atoms. The van der Waals surface area contributed by atoms with E-state index in [9.17, 15) is 13.2 Å². The summed E-state index contributed by atoms with van der Waals surface area (Å²) in [5, 5.41) is 17.8. The van der Waals surface area contributed by atoms with E-state index in [1.807, 2.05) is 0 Å². The predicted molar refractivity (Wildman–Crippen MR) is 56.8 cm³/mol. The van der Waals surface area contributed by atoms with Gasteiger partial charge in [-0.2, -0.15) is 8.42 Å². The fourth-order valence-electron chi connectivity index (χ4n) is 1.37. The second-order valence-electron chi connectivity index (χ2n) is 3.26. The molecule has 0 saturated carbocycles. The smallest absolute Gasteiger partial charge is 0.341 e. The van der Waals surface area contributed by atoms with E-state index < -0.39 is 27.6 Å². The van der Waals surface area contributed by atoms with Crippen molar-refractivity contribution in [2.24, 2.45) is 0 Å². The maximum Gasteiger partial charge on any atom is 0.341 e. The molecule has 0 aliphatic heterocycles. The Balaban J connectivity index is 2.62. The minimum atomic E-state index is -4.62. The lowest BCUT2D eigenvalue weighted by Gasteiger charge is -2.07. The van der Waals surface area contributed by atoms with Gasteiger partial charge in [0.05, 0.1) is 5.52 Å². The number of nitrogens with zero attached hydrogens (tertiary/aromatic N) is 2. The first-order chi connectivity index (χ1) is 8.39. The Kier molecular flexibility index (Phi) is 2.88. The number of nitrogens with one attached hydrogen (secondary N) is 1. The molecule has 3 N–H and O–H groups in total. The highest BCUT2D eigenvalue weighted by molar-refractivity contribution is 7.86. The van der Waals surface area contributed by atoms with Crippen LogP contribution in [-0.2, 0) is 14.9 Å². The quantitative estimate of drug-likeness (QED) is 0.642. The Morgan fingerprint density at radius 1 is 1.44 bits per heavy atom. The monoisotopic (exact) mass is 273 g/mol. The summed E-state index contributed by atoms with van der Waals surface area (Å²) in [6.07, 6.45) is 0.